The van der Waals surface area contributed by atoms with E-state index in [1.165, 1.54) is 0 Å². The highest BCUT2D eigenvalue weighted by Gasteiger charge is 2.34. The lowest BCUT2D eigenvalue weighted by Crippen LogP contribution is -2.35. The van der Waals surface area contributed by atoms with Gasteiger partial charge in [-0.15, -0.1) is 0 Å². The zero-order chi connectivity index (χ0) is 31.0. The maximum Gasteiger partial charge on any atom is 0.415 e. The largest absolute Gasteiger partial charge is 0.487 e. The first-order valence-corrected chi connectivity index (χ1v) is 14.8. The van der Waals surface area contributed by atoms with Crippen molar-refractivity contribution in [1.82, 2.24) is 19.7 Å². The Morgan fingerprint density at radius 2 is 1.75 bits per heavy atom. The molecule has 0 saturated heterocycles. The van der Waals surface area contributed by atoms with Crippen LogP contribution in [0.5, 0.6) is 11.8 Å². The topological polar surface area (TPSA) is 113 Å². The summed E-state index contributed by atoms with van der Waals surface area (Å²) in [7, 11) is 1.71. The molecule has 0 saturated carbocycles. The molecule has 0 amide bonds. The molecule has 1 unspecified atom stereocenters. The van der Waals surface area contributed by atoms with Gasteiger partial charge in [-0.2, -0.15) is 4.98 Å². The Morgan fingerprint density at radius 3 is 2.43 bits per heavy atom. The minimum Gasteiger partial charge on any atom is -0.487 e. The maximum absolute atomic E-state index is 14.2. The molecule has 2 aromatic heterocycles. The average Bonchev–Trinajstić information content (AvgIpc) is 3.45. The highest BCUT2D eigenvalue weighted by atomic mass is 16.6. The molecule has 9 heteroatoms. The van der Waals surface area contributed by atoms with Crippen molar-refractivity contribution in [3.63, 3.8) is 0 Å². The van der Waals surface area contributed by atoms with Crippen LogP contribution in [0.2, 0.25) is 0 Å². The standard InChI is InChI=1S/C35H36N4O5/c1-6-9-30-36-21(2)31(24-16-17-28-27(18-24)29(42-5)19-35(3,4)43-28)33(40)39(30)20-22-12-14-23(15-13-22)25-10-7-8-11-26(25)32-37-34(41)44-38-32/h7-8,10-18,29H,6,9,19-20H2,1-5H3,(H,37,38,41). The highest BCUT2D eigenvalue weighted by Crippen LogP contribution is 2.42. The van der Waals surface area contributed by atoms with Crippen LogP contribution < -0.4 is 10.3 Å². The van der Waals surface area contributed by atoms with Crippen LogP contribution in [0.1, 0.15) is 62.4 Å². The molecule has 0 fully saturated rings. The SMILES string of the molecule is CCCc1nc(C)c(-c2ccc3c(c2)C(OC)CC(C)(C)O3)c(=O)n1Cc1ccc(-c2ccccc2-c2noc(O)n2)cc1. The zero-order valence-electron chi connectivity index (χ0n) is 25.6. The van der Waals surface area contributed by atoms with E-state index in [2.05, 4.69) is 30.9 Å². The van der Waals surface area contributed by atoms with Crippen molar-refractivity contribution in [3.8, 4) is 45.5 Å². The maximum atomic E-state index is 14.2. The number of ether oxygens (including phenoxy) is 2. The molecule has 6 rings (SSSR count). The van der Waals surface area contributed by atoms with Gasteiger partial charge in [-0.25, -0.2) is 4.98 Å². The predicted molar refractivity (Wildman–Crippen MR) is 168 cm³/mol. The van der Waals surface area contributed by atoms with E-state index in [9.17, 15) is 9.90 Å². The van der Waals surface area contributed by atoms with E-state index in [1.54, 1.807) is 11.7 Å². The smallest absolute Gasteiger partial charge is 0.415 e. The number of hydrogen-bond donors (Lipinski definition) is 1. The quantitative estimate of drug-likeness (QED) is 0.207. The lowest BCUT2D eigenvalue weighted by Gasteiger charge is -2.37. The molecule has 1 aliphatic heterocycles. The molecule has 0 spiro atoms. The molecule has 5 aromatic rings. The number of methoxy groups -OCH3 is 1. The summed E-state index contributed by atoms with van der Waals surface area (Å²) >= 11 is 0. The predicted octanol–water partition coefficient (Wildman–Crippen LogP) is 6.89. The first-order chi connectivity index (χ1) is 21.2. The van der Waals surface area contributed by atoms with E-state index < -0.39 is 6.08 Å². The van der Waals surface area contributed by atoms with Crippen molar-refractivity contribution in [2.45, 2.75) is 65.2 Å². The van der Waals surface area contributed by atoms with Gasteiger partial charge in [-0.05, 0) is 61.6 Å². The second-order valence-corrected chi connectivity index (χ2v) is 11.8. The Hall–Kier alpha value is -4.76. The van der Waals surface area contributed by atoms with Crippen LogP contribution in [0.3, 0.4) is 0 Å². The van der Waals surface area contributed by atoms with Crippen molar-refractivity contribution in [2.24, 2.45) is 0 Å². The average molecular weight is 593 g/mol. The Morgan fingerprint density at radius 1 is 1.02 bits per heavy atom. The van der Waals surface area contributed by atoms with Gasteiger partial charge in [-0.3, -0.25) is 13.9 Å². The first kappa shape index (κ1) is 29.3. The van der Waals surface area contributed by atoms with E-state index in [-0.39, 0.29) is 17.3 Å². The molecule has 1 N–H and O–H groups in total. The van der Waals surface area contributed by atoms with Gasteiger partial charge in [-0.1, -0.05) is 66.7 Å². The number of fused-ring (bicyclic) bond motifs is 1. The normalized spacial score (nSPS) is 15.5. The van der Waals surface area contributed by atoms with Gasteiger partial charge in [0, 0.05) is 31.1 Å². The van der Waals surface area contributed by atoms with Crippen LogP contribution in [0, 0.1) is 6.92 Å². The Kier molecular flexibility index (Phi) is 7.82. The summed E-state index contributed by atoms with van der Waals surface area (Å²) in [4.78, 5) is 23.1. The summed E-state index contributed by atoms with van der Waals surface area (Å²) in [5.74, 6) is 1.86. The number of hydrogen-bond acceptors (Lipinski definition) is 8. The molecule has 9 nitrogen and oxygen atoms in total. The Labute approximate surface area is 256 Å². The monoisotopic (exact) mass is 592 g/mol. The molecular formula is C35H36N4O5. The van der Waals surface area contributed by atoms with Gasteiger partial charge in [0.1, 0.15) is 17.2 Å². The van der Waals surface area contributed by atoms with Crippen molar-refractivity contribution in [2.75, 3.05) is 7.11 Å². The lowest BCUT2D eigenvalue weighted by atomic mass is 9.89. The molecule has 1 aliphatic rings. The zero-order valence-corrected chi connectivity index (χ0v) is 25.6. The second kappa shape index (κ2) is 11.7. The lowest BCUT2D eigenvalue weighted by molar-refractivity contribution is -0.0108. The van der Waals surface area contributed by atoms with Crippen molar-refractivity contribution in [3.05, 3.63) is 99.7 Å². The fraction of sp³-hybridized carbons (Fsp3) is 0.314. The van der Waals surface area contributed by atoms with Crippen LogP contribution in [0.4, 0.5) is 0 Å². The van der Waals surface area contributed by atoms with Crippen LogP contribution in [0.15, 0.2) is 76.0 Å². The van der Waals surface area contributed by atoms with Crippen molar-refractivity contribution >= 4 is 0 Å². The summed E-state index contributed by atoms with van der Waals surface area (Å²) in [6, 6.07) is 21.6. The number of aromatic hydroxyl groups is 1. The highest BCUT2D eigenvalue weighted by molar-refractivity contribution is 5.80. The second-order valence-electron chi connectivity index (χ2n) is 11.8. The molecule has 1 atom stereocenters. The first-order valence-electron chi connectivity index (χ1n) is 14.8. The van der Waals surface area contributed by atoms with Crippen LogP contribution in [-0.2, 0) is 17.7 Å². The summed E-state index contributed by atoms with van der Waals surface area (Å²) in [5, 5.41) is 13.4. The molecule has 0 radical (unpaired) electrons. The fourth-order valence-corrected chi connectivity index (χ4v) is 6.01. The van der Waals surface area contributed by atoms with Crippen LogP contribution in [0.25, 0.3) is 33.6 Å². The summed E-state index contributed by atoms with van der Waals surface area (Å²) in [6.45, 7) is 8.49. The number of nitrogens with zero attached hydrogens (tertiary/aromatic N) is 4. The third kappa shape index (κ3) is 5.63. The van der Waals surface area contributed by atoms with Crippen molar-refractivity contribution < 1.29 is 19.1 Å². The summed E-state index contributed by atoms with van der Waals surface area (Å²) in [5.41, 5.74) is 6.20. The number of aryl methyl sites for hydroxylation is 2. The van der Waals surface area contributed by atoms with Crippen LogP contribution in [-0.4, -0.2) is 37.5 Å². The minimum atomic E-state index is -0.476. The van der Waals surface area contributed by atoms with Crippen molar-refractivity contribution in [1.29, 1.82) is 0 Å². The Balaban J connectivity index is 1.36. The molecular weight excluding hydrogens is 556 g/mol. The van der Waals surface area contributed by atoms with E-state index in [4.69, 9.17) is 19.0 Å². The van der Waals surface area contributed by atoms with E-state index in [0.29, 0.717) is 30.0 Å². The van der Waals surface area contributed by atoms with E-state index >= 15 is 0 Å². The molecule has 3 aromatic carbocycles. The fourth-order valence-electron chi connectivity index (χ4n) is 6.01. The van der Waals surface area contributed by atoms with E-state index in [0.717, 1.165) is 57.8 Å². The van der Waals surface area contributed by atoms with Gasteiger partial charge in [0.2, 0.25) is 5.82 Å². The molecule has 3 heterocycles. The third-order valence-corrected chi connectivity index (χ3v) is 8.08. The summed E-state index contributed by atoms with van der Waals surface area (Å²) < 4.78 is 18.6. The number of benzene rings is 3. The molecule has 44 heavy (non-hydrogen) atoms. The summed E-state index contributed by atoms with van der Waals surface area (Å²) in [6.07, 6.45) is 1.68. The van der Waals surface area contributed by atoms with Crippen LogP contribution >= 0.6 is 0 Å². The number of rotatable bonds is 8. The minimum absolute atomic E-state index is 0.0711. The Bertz CT molecular complexity index is 1870. The third-order valence-electron chi connectivity index (χ3n) is 8.08. The molecule has 0 bridgehead atoms. The van der Waals surface area contributed by atoms with Gasteiger partial charge >= 0.3 is 6.08 Å². The van der Waals surface area contributed by atoms with E-state index in [1.807, 2.05) is 73.7 Å². The van der Waals surface area contributed by atoms with Gasteiger partial charge < -0.3 is 14.6 Å². The molecule has 226 valence electrons. The molecule has 0 aliphatic carbocycles. The van der Waals surface area contributed by atoms with Gasteiger partial charge in [0.25, 0.3) is 5.56 Å². The van der Waals surface area contributed by atoms with Gasteiger partial charge in [0.05, 0.1) is 23.9 Å². The number of aromatic nitrogens is 4. The van der Waals surface area contributed by atoms with Gasteiger partial charge in [0.15, 0.2) is 0 Å².